The van der Waals surface area contributed by atoms with Gasteiger partial charge in [0.05, 0.1) is 6.61 Å². The van der Waals surface area contributed by atoms with E-state index in [9.17, 15) is 0 Å². The van der Waals surface area contributed by atoms with Crippen LogP contribution in [-0.4, -0.2) is 12.6 Å². The van der Waals surface area contributed by atoms with Crippen LogP contribution in [0.15, 0.2) is 30.9 Å². The summed E-state index contributed by atoms with van der Waals surface area (Å²) < 4.78 is 5.73. The molecule has 0 aromatic heterocycles. The first-order chi connectivity index (χ1) is 8.15. The third kappa shape index (κ3) is 4.80. The zero-order valence-corrected chi connectivity index (χ0v) is 11.0. The molecule has 0 fully saturated rings. The van der Waals surface area contributed by atoms with Crippen molar-refractivity contribution in [3.63, 3.8) is 0 Å². The van der Waals surface area contributed by atoms with Crippen LogP contribution in [0.1, 0.15) is 25.3 Å². The number of allylic oxidation sites excluding steroid dienone is 1. The van der Waals surface area contributed by atoms with Gasteiger partial charge in [-0.3, -0.25) is 0 Å². The standard InChI is InChI=1S/C14H20ClNO/c1-3-4-5-9-17-14-8-6-7-13(15)12(14)10-11(2)16/h3,6-8,11H,1,4-5,9-10,16H2,2H3. The van der Waals surface area contributed by atoms with Crippen LogP contribution in [0.5, 0.6) is 5.75 Å². The highest BCUT2D eigenvalue weighted by atomic mass is 35.5. The maximum absolute atomic E-state index is 6.16. The first kappa shape index (κ1) is 14.1. The van der Waals surface area contributed by atoms with Crippen molar-refractivity contribution in [3.8, 4) is 5.75 Å². The number of halogens is 1. The molecule has 0 aliphatic heterocycles. The van der Waals surface area contributed by atoms with Crippen molar-refractivity contribution in [1.82, 2.24) is 0 Å². The maximum atomic E-state index is 6.16. The zero-order chi connectivity index (χ0) is 12.7. The molecule has 1 rings (SSSR count). The quantitative estimate of drug-likeness (QED) is 0.596. The summed E-state index contributed by atoms with van der Waals surface area (Å²) in [5.74, 6) is 0.846. The molecule has 2 N–H and O–H groups in total. The maximum Gasteiger partial charge on any atom is 0.124 e. The second kappa shape index (κ2) is 7.36. The summed E-state index contributed by atoms with van der Waals surface area (Å²) in [6.45, 7) is 6.33. The predicted octanol–water partition coefficient (Wildman–Crippen LogP) is 3.57. The number of hydrogen-bond donors (Lipinski definition) is 1. The Balaban J connectivity index is 2.68. The summed E-state index contributed by atoms with van der Waals surface area (Å²) in [6, 6.07) is 5.79. The first-order valence-corrected chi connectivity index (χ1v) is 6.29. The topological polar surface area (TPSA) is 35.2 Å². The molecule has 0 spiro atoms. The largest absolute Gasteiger partial charge is 0.493 e. The Morgan fingerprint density at radius 1 is 1.53 bits per heavy atom. The highest BCUT2D eigenvalue weighted by Gasteiger charge is 2.10. The van der Waals surface area contributed by atoms with Crippen molar-refractivity contribution in [2.45, 2.75) is 32.2 Å². The molecule has 2 nitrogen and oxygen atoms in total. The summed E-state index contributed by atoms with van der Waals surface area (Å²) in [5, 5.41) is 0.725. The normalized spacial score (nSPS) is 12.2. The second-order valence-electron chi connectivity index (χ2n) is 4.18. The molecular weight excluding hydrogens is 234 g/mol. The fraction of sp³-hybridized carbons (Fsp3) is 0.429. The van der Waals surface area contributed by atoms with Crippen LogP contribution < -0.4 is 10.5 Å². The Morgan fingerprint density at radius 2 is 2.29 bits per heavy atom. The number of nitrogens with two attached hydrogens (primary N) is 1. The SMILES string of the molecule is C=CCCCOc1cccc(Cl)c1CC(C)N. The van der Waals surface area contributed by atoms with Crippen LogP contribution in [-0.2, 0) is 6.42 Å². The minimum absolute atomic E-state index is 0.0745. The monoisotopic (exact) mass is 253 g/mol. The Bertz CT molecular complexity index is 363. The van der Waals surface area contributed by atoms with Crippen LogP contribution in [0.25, 0.3) is 0 Å². The van der Waals surface area contributed by atoms with Crippen LogP contribution in [0.2, 0.25) is 5.02 Å². The van der Waals surface area contributed by atoms with Crippen molar-refractivity contribution in [2.24, 2.45) is 5.73 Å². The van der Waals surface area contributed by atoms with Gasteiger partial charge in [0.25, 0.3) is 0 Å². The molecule has 0 radical (unpaired) electrons. The summed E-state index contributed by atoms with van der Waals surface area (Å²) in [5.41, 5.74) is 6.81. The molecule has 1 unspecified atom stereocenters. The van der Waals surface area contributed by atoms with Crippen molar-refractivity contribution >= 4 is 11.6 Å². The third-order valence-electron chi connectivity index (χ3n) is 2.41. The average Bonchev–Trinajstić information content (AvgIpc) is 2.28. The number of rotatable bonds is 7. The lowest BCUT2D eigenvalue weighted by molar-refractivity contribution is 0.308. The van der Waals surface area contributed by atoms with Crippen molar-refractivity contribution < 1.29 is 4.74 Å². The minimum atomic E-state index is 0.0745. The molecule has 0 amide bonds. The van der Waals surface area contributed by atoms with Crippen molar-refractivity contribution in [3.05, 3.63) is 41.4 Å². The van der Waals surface area contributed by atoms with E-state index in [2.05, 4.69) is 6.58 Å². The average molecular weight is 254 g/mol. The molecule has 3 heteroatoms. The highest BCUT2D eigenvalue weighted by Crippen LogP contribution is 2.27. The molecule has 1 aromatic rings. The van der Waals surface area contributed by atoms with Gasteiger partial charge >= 0.3 is 0 Å². The van der Waals surface area contributed by atoms with Gasteiger partial charge in [-0.25, -0.2) is 0 Å². The van der Waals surface area contributed by atoms with Gasteiger partial charge in [0, 0.05) is 16.6 Å². The molecule has 0 saturated heterocycles. The Kier molecular flexibility index (Phi) is 6.09. The molecule has 0 aliphatic rings. The summed E-state index contributed by atoms with van der Waals surface area (Å²) in [6.07, 6.45) is 4.55. The van der Waals surface area contributed by atoms with Crippen molar-refractivity contribution in [2.75, 3.05) is 6.61 Å². The van der Waals surface area contributed by atoms with Gasteiger partial charge in [-0.05, 0) is 38.3 Å². The highest BCUT2D eigenvalue weighted by molar-refractivity contribution is 6.31. The van der Waals surface area contributed by atoms with E-state index in [0.717, 1.165) is 35.6 Å². The molecule has 0 saturated carbocycles. The molecule has 1 atom stereocenters. The van der Waals surface area contributed by atoms with Gasteiger partial charge in [-0.15, -0.1) is 6.58 Å². The van der Waals surface area contributed by atoms with Crippen LogP contribution in [0.4, 0.5) is 0 Å². The van der Waals surface area contributed by atoms with Crippen LogP contribution in [0.3, 0.4) is 0 Å². The fourth-order valence-corrected chi connectivity index (χ4v) is 1.85. The van der Waals surface area contributed by atoms with E-state index in [1.54, 1.807) is 0 Å². The van der Waals surface area contributed by atoms with E-state index in [0.29, 0.717) is 6.61 Å². The second-order valence-corrected chi connectivity index (χ2v) is 4.58. The van der Waals surface area contributed by atoms with E-state index >= 15 is 0 Å². The van der Waals surface area contributed by atoms with E-state index in [1.165, 1.54) is 0 Å². The molecule has 17 heavy (non-hydrogen) atoms. The van der Waals surface area contributed by atoms with Crippen LogP contribution >= 0.6 is 11.6 Å². The lowest BCUT2D eigenvalue weighted by atomic mass is 10.1. The molecular formula is C14H20ClNO. The van der Waals surface area contributed by atoms with E-state index < -0.39 is 0 Å². The lowest BCUT2D eigenvalue weighted by Gasteiger charge is -2.14. The van der Waals surface area contributed by atoms with E-state index in [1.807, 2.05) is 31.2 Å². The van der Waals surface area contributed by atoms with Gasteiger partial charge in [-0.2, -0.15) is 0 Å². The number of hydrogen-bond acceptors (Lipinski definition) is 2. The van der Waals surface area contributed by atoms with Gasteiger partial charge in [-0.1, -0.05) is 23.7 Å². The van der Waals surface area contributed by atoms with Crippen LogP contribution in [0, 0.1) is 0 Å². The Hall–Kier alpha value is -0.990. The van der Waals surface area contributed by atoms with E-state index in [-0.39, 0.29) is 6.04 Å². The lowest BCUT2D eigenvalue weighted by Crippen LogP contribution is -2.18. The fourth-order valence-electron chi connectivity index (χ4n) is 1.60. The smallest absolute Gasteiger partial charge is 0.124 e. The van der Waals surface area contributed by atoms with Crippen molar-refractivity contribution in [1.29, 1.82) is 0 Å². The zero-order valence-electron chi connectivity index (χ0n) is 10.3. The first-order valence-electron chi connectivity index (χ1n) is 5.91. The van der Waals surface area contributed by atoms with Gasteiger partial charge in [0.15, 0.2) is 0 Å². The summed E-state index contributed by atoms with van der Waals surface area (Å²) in [4.78, 5) is 0. The molecule has 0 aliphatic carbocycles. The molecule has 1 aromatic carbocycles. The van der Waals surface area contributed by atoms with Gasteiger partial charge < -0.3 is 10.5 Å². The van der Waals surface area contributed by atoms with Gasteiger partial charge in [0.1, 0.15) is 5.75 Å². The summed E-state index contributed by atoms with van der Waals surface area (Å²) >= 11 is 6.16. The number of benzene rings is 1. The predicted molar refractivity (Wildman–Crippen MR) is 73.7 cm³/mol. The Morgan fingerprint density at radius 3 is 2.94 bits per heavy atom. The molecule has 94 valence electrons. The molecule has 0 heterocycles. The van der Waals surface area contributed by atoms with Gasteiger partial charge in [0.2, 0.25) is 0 Å². The van der Waals surface area contributed by atoms with E-state index in [4.69, 9.17) is 22.1 Å². The summed E-state index contributed by atoms with van der Waals surface area (Å²) in [7, 11) is 0. The third-order valence-corrected chi connectivity index (χ3v) is 2.77. The molecule has 0 bridgehead atoms. The number of ether oxygens (including phenoxy) is 1. The minimum Gasteiger partial charge on any atom is -0.493 e. The number of unbranched alkanes of at least 4 members (excludes halogenated alkanes) is 1. The Labute approximate surface area is 108 Å².